The number of ether oxygens (including phenoxy) is 2. The fourth-order valence-corrected chi connectivity index (χ4v) is 3.01. The van der Waals surface area contributed by atoms with Gasteiger partial charge in [0.15, 0.2) is 5.82 Å². The second-order valence-corrected chi connectivity index (χ2v) is 6.67. The van der Waals surface area contributed by atoms with Crippen LogP contribution in [0, 0.1) is 13.8 Å². The third-order valence-electron chi connectivity index (χ3n) is 4.38. The van der Waals surface area contributed by atoms with Gasteiger partial charge in [0.2, 0.25) is 0 Å². The van der Waals surface area contributed by atoms with Gasteiger partial charge in [0.1, 0.15) is 11.6 Å². The molecular weight excluding hydrogens is 342 g/mol. The molecule has 2 rings (SSSR count). The lowest BCUT2D eigenvalue weighted by atomic mass is 10.1. The Morgan fingerprint density at radius 3 is 2.48 bits per heavy atom. The minimum absolute atomic E-state index is 0.531. The maximum absolute atomic E-state index is 5.84. The average Bonchev–Trinajstić information content (AvgIpc) is 2.65. The molecular formula is C20H31N5O2. The first-order valence-electron chi connectivity index (χ1n) is 9.35. The van der Waals surface area contributed by atoms with Gasteiger partial charge in [0.25, 0.3) is 5.88 Å². The molecule has 0 amide bonds. The van der Waals surface area contributed by atoms with Crippen LogP contribution in [0.15, 0.2) is 6.20 Å². The zero-order valence-electron chi connectivity index (χ0n) is 17.5. The van der Waals surface area contributed by atoms with Gasteiger partial charge in [-0.1, -0.05) is 19.8 Å². The van der Waals surface area contributed by atoms with E-state index in [1.165, 1.54) is 0 Å². The fraction of sp³-hybridized carbons (Fsp3) is 0.550. The highest BCUT2D eigenvalue weighted by Gasteiger charge is 2.20. The molecule has 2 heterocycles. The molecule has 2 aromatic rings. The summed E-state index contributed by atoms with van der Waals surface area (Å²) in [5.74, 6) is 2.77. The number of rotatable bonds is 9. The number of aromatic nitrogens is 3. The Labute approximate surface area is 162 Å². The monoisotopic (exact) mass is 373 g/mol. The van der Waals surface area contributed by atoms with Crippen molar-refractivity contribution in [3.63, 3.8) is 0 Å². The molecule has 0 saturated carbocycles. The van der Waals surface area contributed by atoms with Crippen molar-refractivity contribution in [2.75, 3.05) is 45.1 Å². The van der Waals surface area contributed by atoms with E-state index in [1.54, 1.807) is 13.3 Å². The molecule has 27 heavy (non-hydrogen) atoms. The molecule has 0 aliphatic rings. The van der Waals surface area contributed by atoms with Gasteiger partial charge in [-0.25, -0.2) is 15.0 Å². The number of methoxy groups -OCH3 is 1. The third-order valence-corrected chi connectivity index (χ3v) is 4.38. The second-order valence-electron chi connectivity index (χ2n) is 6.67. The SMILES string of the molecule is CCCCCOc1nc(C)c(-c2cnc(N(C)C)c(C)c2OC)nc1NC. The van der Waals surface area contributed by atoms with E-state index in [-0.39, 0.29) is 0 Å². The van der Waals surface area contributed by atoms with Crippen molar-refractivity contribution < 1.29 is 9.47 Å². The minimum atomic E-state index is 0.531. The summed E-state index contributed by atoms with van der Waals surface area (Å²) in [6.07, 6.45) is 5.09. The van der Waals surface area contributed by atoms with Gasteiger partial charge in [-0.05, 0) is 20.3 Å². The van der Waals surface area contributed by atoms with E-state index in [4.69, 9.17) is 14.5 Å². The van der Waals surface area contributed by atoms with Gasteiger partial charge < -0.3 is 19.7 Å². The van der Waals surface area contributed by atoms with Gasteiger partial charge in [-0.3, -0.25) is 0 Å². The molecule has 0 aliphatic carbocycles. The van der Waals surface area contributed by atoms with Crippen molar-refractivity contribution in [3.8, 4) is 22.9 Å². The fourth-order valence-electron chi connectivity index (χ4n) is 3.01. The molecule has 148 valence electrons. The molecule has 2 aromatic heterocycles. The first-order valence-corrected chi connectivity index (χ1v) is 9.35. The zero-order chi connectivity index (χ0) is 20.0. The molecule has 0 aliphatic heterocycles. The van der Waals surface area contributed by atoms with Crippen LogP contribution in [-0.2, 0) is 0 Å². The molecule has 0 atom stereocenters. The van der Waals surface area contributed by atoms with Crippen LogP contribution in [0.2, 0.25) is 0 Å². The Balaban J connectivity index is 2.46. The van der Waals surface area contributed by atoms with Gasteiger partial charge in [-0.15, -0.1) is 0 Å². The summed E-state index contributed by atoms with van der Waals surface area (Å²) in [4.78, 5) is 15.9. The molecule has 0 aromatic carbocycles. The van der Waals surface area contributed by atoms with Crippen molar-refractivity contribution in [1.82, 2.24) is 15.0 Å². The Morgan fingerprint density at radius 2 is 1.89 bits per heavy atom. The van der Waals surface area contributed by atoms with E-state index in [1.807, 2.05) is 39.9 Å². The number of aryl methyl sites for hydroxylation is 1. The van der Waals surface area contributed by atoms with Crippen molar-refractivity contribution in [3.05, 3.63) is 17.5 Å². The van der Waals surface area contributed by atoms with Crippen LogP contribution < -0.4 is 19.7 Å². The predicted octanol–water partition coefficient (Wildman–Crippen LogP) is 3.84. The van der Waals surface area contributed by atoms with Gasteiger partial charge in [0, 0.05) is 32.9 Å². The molecule has 1 N–H and O–H groups in total. The van der Waals surface area contributed by atoms with Gasteiger partial charge in [0.05, 0.1) is 30.7 Å². The number of hydrogen-bond donors (Lipinski definition) is 1. The lowest BCUT2D eigenvalue weighted by molar-refractivity contribution is 0.295. The number of nitrogens with zero attached hydrogens (tertiary/aromatic N) is 4. The van der Waals surface area contributed by atoms with Crippen LogP contribution in [0.4, 0.5) is 11.6 Å². The van der Waals surface area contributed by atoms with E-state index < -0.39 is 0 Å². The minimum Gasteiger partial charge on any atom is -0.496 e. The maximum Gasteiger partial charge on any atom is 0.257 e. The second kappa shape index (κ2) is 9.39. The van der Waals surface area contributed by atoms with E-state index in [0.29, 0.717) is 18.3 Å². The van der Waals surface area contributed by atoms with Crippen LogP contribution >= 0.6 is 0 Å². The molecule has 7 heteroatoms. The van der Waals surface area contributed by atoms with Crippen LogP contribution in [0.1, 0.15) is 37.4 Å². The molecule has 0 saturated heterocycles. The Hall–Kier alpha value is -2.57. The van der Waals surface area contributed by atoms with Gasteiger partial charge in [-0.2, -0.15) is 0 Å². The normalized spacial score (nSPS) is 10.6. The highest BCUT2D eigenvalue weighted by atomic mass is 16.5. The highest BCUT2D eigenvalue weighted by Crippen LogP contribution is 2.37. The topological polar surface area (TPSA) is 72.4 Å². The summed E-state index contributed by atoms with van der Waals surface area (Å²) < 4.78 is 11.5. The van der Waals surface area contributed by atoms with Crippen LogP contribution in [0.3, 0.4) is 0 Å². The van der Waals surface area contributed by atoms with E-state index in [0.717, 1.165) is 53.3 Å². The summed E-state index contributed by atoms with van der Waals surface area (Å²) in [6, 6.07) is 0. The average molecular weight is 374 g/mol. The van der Waals surface area contributed by atoms with E-state index in [2.05, 4.69) is 22.2 Å². The van der Waals surface area contributed by atoms with Crippen LogP contribution in [-0.4, -0.2) is 49.8 Å². The quantitative estimate of drug-likeness (QED) is 0.670. The first-order chi connectivity index (χ1) is 12.9. The summed E-state index contributed by atoms with van der Waals surface area (Å²) in [7, 11) is 7.41. The largest absolute Gasteiger partial charge is 0.496 e. The first kappa shape index (κ1) is 20.7. The standard InChI is InChI=1S/C20H31N5O2/c1-8-9-10-11-27-20-18(21-4)24-16(14(3)23-20)15-12-22-19(25(5)6)13(2)17(15)26-7/h12H,8-11H2,1-7H3,(H,21,24). The Morgan fingerprint density at radius 1 is 1.15 bits per heavy atom. The lowest BCUT2D eigenvalue weighted by Crippen LogP contribution is -2.13. The molecule has 0 unspecified atom stereocenters. The number of hydrogen-bond acceptors (Lipinski definition) is 7. The van der Waals surface area contributed by atoms with Crippen molar-refractivity contribution >= 4 is 11.6 Å². The molecule has 0 bridgehead atoms. The molecule has 0 fully saturated rings. The van der Waals surface area contributed by atoms with E-state index >= 15 is 0 Å². The number of nitrogens with one attached hydrogen (secondary N) is 1. The molecule has 7 nitrogen and oxygen atoms in total. The maximum atomic E-state index is 5.84. The Kier molecular flexibility index (Phi) is 7.21. The smallest absolute Gasteiger partial charge is 0.257 e. The summed E-state index contributed by atoms with van der Waals surface area (Å²) in [6.45, 7) is 6.73. The highest BCUT2D eigenvalue weighted by molar-refractivity contribution is 5.74. The summed E-state index contributed by atoms with van der Waals surface area (Å²) in [5, 5.41) is 3.09. The number of unbranched alkanes of at least 4 members (excludes halogenated alkanes) is 2. The van der Waals surface area contributed by atoms with Crippen LogP contribution in [0.25, 0.3) is 11.3 Å². The van der Waals surface area contributed by atoms with Crippen LogP contribution in [0.5, 0.6) is 11.6 Å². The molecule has 0 spiro atoms. The molecule has 0 radical (unpaired) electrons. The number of pyridine rings is 1. The number of anilines is 2. The van der Waals surface area contributed by atoms with Crippen molar-refractivity contribution in [1.29, 1.82) is 0 Å². The Bertz CT molecular complexity index is 777. The van der Waals surface area contributed by atoms with Crippen molar-refractivity contribution in [2.45, 2.75) is 40.0 Å². The van der Waals surface area contributed by atoms with Crippen molar-refractivity contribution in [2.24, 2.45) is 0 Å². The predicted molar refractivity (Wildman–Crippen MR) is 110 cm³/mol. The third kappa shape index (κ3) is 4.59. The lowest BCUT2D eigenvalue weighted by Gasteiger charge is -2.20. The van der Waals surface area contributed by atoms with Gasteiger partial charge >= 0.3 is 0 Å². The summed E-state index contributed by atoms with van der Waals surface area (Å²) >= 11 is 0. The summed E-state index contributed by atoms with van der Waals surface area (Å²) in [5.41, 5.74) is 3.29. The van der Waals surface area contributed by atoms with E-state index in [9.17, 15) is 0 Å². The zero-order valence-corrected chi connectivity index (χ0v) is 17.5.